The van der Waals surface area contributed by atoms with Crippen LogP contribution in [0.4, 0.5) is 0 Å². The number of esters is 4. The Balaban J connectivity index is 5.27. The van der Waals surface area contributed by atoms with Gasteiger partial charge in [-0.05, 0) is 43.4 Å². The molecule has 0 fully saturated rings. The Bertz CT molecular complexity index is 1940. The standard InChI is InChI=1S/C81H158O17P2/c1-8-9-10-11-12-13-14-18-27-34-41-48-55-62-78(83)91-69-77(98-81(86)65-58-51-44-37-30-23-26-33-40-47-54-61-74(6)7)71-96-100(89,90)94-67-75(82)66-93-99(87,88)95-70-76(68-92-79(84)63-56-49-42-35-28-22-17-20-25-32-39-46-53-60-73(4)5)97-80(85)64-57-50-43-36-29-21-16-15-19-24-31-38-45-52-59-72(2)3/h72-77,82H,8-71H2,1-7H3,(H,87,88)(H,89,90)/t75-,76-,77-/m1/s1. The van der Waals surface area contributed by atoms with Gasteiger partial charge in [0.05, 0.1) is 26.4 Å². The second-order valence-electron chi connectivity index (χ2n) is 30.6. The van der Waals surface area contributed by atoms with Crippen LogP contribution in [-0.2, 0) is 65.4 Å². The molecule has 0 radical (unpaired) electrons. The molecule has 0 aliphatic rings. The number of rotatable bonds is 79. The summed E-state index contributed by atoms with van der Waals surface area (Å²) in [5.74, 6) is 0.243. The molecule has 5 atom stereocenters. The molecule has 594 valence electrons. The summed E-state index contributed by atoms with van der Waals surface area (Å²) < 4.78 is 68.8. The average Bonchev–Trinajstić information content (AvgIpc) is 0.931. The Morgan fingerprint density at radius 2 is 0.460 bits per heavy atom. The minimum absolute atomic E-state index is 0.107. The number of phosphoric ester groups is 2. The van der Waals surface area contributed by atoms with Crippen LogP contribution in [0.1, 0.15) is 421 Å². The summed E-state index contributed by atoms with van der Waals surface area (Å²) in [6, 6.07) is 0. The van der Waals surface area contributed by atoms with Crippen molar-refractivity contribution in [3.05, 3.63) is 0 Å². The van der Waals surface area contributed by atoms with Crippen molar-refractivity contribution < 1.29 is 80.2 Å². The molecule has 0 saturated carbocycles. The first-order chi connectivity index (χ1) is 48.2. The van der Waals surface area contributed by atoms with Gasteiger partial charge in [-0.15, -0.1) is 0 Å². The normalized spacial score (nSPS) is 14.0. The lowest BCUT2D eigenvalue weighted by molar-refractivity contribution is -0.161. The van der Waals surface area contributed by atoms with E-state index in [1.54, 1.807) is 0 Å². The first-order valence-electron chi connectivity index (χ1n) is 41.8. The van der Waals surface area contributed by atoms with E-state index in [2.05, 4.69) is 48.5 Å². The SMILES string of the molecule is CCCCCCCCCCCCCCCC(=O)OC[C@H](COP(=O)(O)OC[C@H](O)COP(=O)(O)OC[C@@H](COC(=O)CCCCCCCCCCCCCCCC(C)C)OC(=O)CCCCCCCCCCCCCCCCC(C)C)OC(=O)CCCCCCCCCCCCCC(C)C. The van der Waals surface area contributed by atoms with Crippen molar-refractivity contribution in [2.75, 3.05) is 39.6 Å². The van der Waals surface area contributed by atoms with Crippen LogP contribution in [-0.4, -0.2) is 96.7 Å². The summed E-state index contributed by atoms with van der Waals surface area (Å²) in [5, 5.41) is 10.6. The van der Waals surface area contributed by atoms with Gasteiger partial charge >= 0.3 is 39.5 Å². The molecule has 0 spiro atoms. The lowest BCUT2D eigenvalue weighted by atomic mass is 10.0. The van der Waals surface area contributed by atoms with E-state index >= 15 is 0 Å². The van der Waals surface area contributed by atoms with Gasteiger partial charge in [-0.3, -0.25) is 37.3 Å². The monoisotopic (exact) mass is 1470 g/mol. The highest BCUT2D eigenvalue weighted by Crippen LogP contribution is 2.45. The van der Waals surface area contributed by atoms with E-state index in [1.807, 2.05) is 0 Å². The van der Waals surface area contributed by atoms with Gasteiger partial charge in [-0.25, -0.2) is 9.13 Å². The van der Waals surface area contributed by atoms with Gasteiger partial charge < -0.3 is 33.8 Å². The van der Waals surface area contributed by atoms with Crippen molar-refractivity contribution >= 4 is 39.5 Å². The highest BCUT2D eigenvalue weighted by atomic mass is 31.2. The minimum Gasteiger partial charge on any atom is -0.462 e. The largest absolute Gasteiger partial charge is 0.472 e. The molecule has 3 N–H and O–H groups in total. The molecule has 0 amide bonds. The van der Waals surface area contributed by atoms with E-state index in [4.69, 9.17) is 37.0 Å². The number of aliphatic hydroxyl groups excluding tert-OH is 1. The molecule has 0 aliphatic heterocycles. The zero-order valence-electron chi connectivity index (χ0n) is 65.7. The van der Waals surface area contributed by atoms with E-state index in [1.165, 1.54) is 231 Å². The van der Waals surface area contributed by atoms with Crippen LogP contribution in [0.2, 0.25) is 0 Å². The topological polar surface area (TPSA) is 237 Å². The summed E-state index contributed by atoms with van der Waals surface area (Å²) in [6.07, 6.45) is 59.5. The maximum Gasteiger partial charge on any atom is 0.472 e. The molecule has 0 saturated heterocycles. The summed E-state index contributed by atoms with van der Waals surface area (Å²) in [7, 11) is -9.92. The molecule has 19 heteroatoms. The van der Waals surface area contributed by atoms with Crippen LogP contribution in [0.3, 0.4) is 0 Å². The third-order valence-corrected chi connectivity index (χ3v) is 20.8. The Labute approximate surface area is 613 Å². The van der Waals surface area contributed by atoms with E-state index in [9.17, 15) is 43.2 Å². The molecule has 0 aliphatic carbocycles. The third-order valence-electron chi connectivity index (χ3n) is 18.9. The Morgan fingerprint density at radius 3 is 0.680 bits per heavy atom. The molecule has 2 unspecified atom stereocenters. The fourth-order valence-electron chi connectivity index (χ4n) is 12.5. The molecule has 0 rings (SSSR count). The van der Waals surface area contributed by atoms with Crippen LogP contribution < -0.4 is 0 Å². The molecule has 0 aromatic heterocycles. The van der Waals surface area contributed by atoms with Crippen molar-refractivity contribution in [1.82, 2.24) is 0 Å². The van der Waals surface area contributed by atoms with E-state index < -0.39 is 97.5 Å². The Morgan fingerprint density at radius 1 is 0.270 bits per heavy atom. The van der Waals surface area contributed by atoms with Crippen molar-refractivity contribution in [3.63, 3.8) is 0 Å². The Kier molecular flexibility index (Phi) is 69.9. The van der Waals surface area contributed by atoms with Gasteiger partial charge in [0.2, 0.25) is 0 Å². The van der Waals surface area contributed by atoms with Gasteiger partial charge in [-0.2, -0.15) is 0 Å². The molecule has 17 nitrogen and oxygen atoms in total. The zero-order valence-corrected chi connectivity index (χ0v) is 67.5. The number of aliphatic hydroxyl groups is 1. The van der Waals surface area contributed by atoms with Crippen molar-refractivity contribution in [2.24, 2.45) is 17.8 Å². The van der Waals surface area contributed by atoms with Gasteiger partial charge in [0.1, 0.15) is 19.3 Å². The van der Waals surface area contributed by atoms with E-state index in [0.717, 1.165) is 108 Å². The summed E-state index contributed by atoms with van der Waals surface area (Å²) in [6.45, 7) is 12.0. The first-order valence-corrected chi connectivity index (χ1v) is 44.8. The average molecular weight is 1470 g/mol. The minimum atomic E-state index is -4.96. The molecule has 0 aromatic carbocycles. The fraction of sp³-hybridized carbons (Fsp3) is 0.951. The van der Waals surface area contributed by atoms with E-state index in [0.29, 0.717) is 25.7 Å². The van der Waals surface area contributed by atoms with E-state index in [-0.39, 0.29) is 25.7 Å². The number of unbranched alkanes of at least 4 members (excludes halogenated alkanes) is 47. The van der Waals surface area contributed by atoms with Crippen LogP contribution >= 0.6 is 15.6 Å². The van der Waals surface area contributed by atoms with Crippen LogP contribution in [0.25, 0.3) is 0 Å². The van der Waals surface area contributed by atoms with Crippen molar-refractivity contribution in [1.29, 1.82) is 0 Å². The molecular formula is C81H158O17P2. The quantitative estimate of drug-likeness (QED) is 0.0222. The van der Waals surface area contributed by atoms with Crippen LogP contribution in [0.15, 0.2) is 0 Å². The fourth-order valence-corrected chi connectivity index (χ4v) is 14.1. The lowest BCUT2D eigenvalue weighted by Gasteiger charge is -2.21. The summed E-state index contributed by atoms with van der Waals surface area (Å²) in [5.41, 5.74) is 0. The number of hydrogen-bond donors (Lipinski definition) is 3. The number of phosphoric acid groups is 2. The Hall–Kier alpha value is -1.94. The number of hydrogen-bond acceptors (Lipinski definition) is 15. The molecule has 0 bridgehead atoms. The smallest absolute Gasteiger partial charge is 0.462 e. The summed E-state index contributed by atoms with van der Waals surface area (Å²) in [4.78, 5) is 73.1. The lowest BCUT2D eigenvalue weighted by Crippen LogP contribution is -2.30. The van der Waals surface area contributed by atoms with Crippen molar-refractivity contribution in [2.45, 2.75) is 439 Å². The maximum absolute atomic E-state index is 13.1. The highest BCUT2D eigenvalue weighted by Gasteiger charge is 2.30. The number of carbonyl (C=O) groups excluding carboxylic acids is 4. The molecule has 100 heavy (non-hydrogen) atoms. The maximum atomic E-state index is 13.1. The molecular weight excluding hydrogens is 1310 g/mol. The van der Waals surface area contributed by atoms with Gasteiger partial charge in [0, 0.05) is 25.7 Å². The second-order valence-corrected chi connectivity index (χ2v) is 33.5. The number of ether oxygens (including phenoxy) is 4. The third kappa shape index (κ3) is 74.3. The van der Waals surface area contributed by atoms with Crippen LogP contribution in [0.5, 0.6) is 0 Å². The summed E-state index contributed by atoms with van der Waals surface area (Å²) >= 11 is 0. The van der Waals surface area contributed by atoms with Gasteiger partial charge in [0.15, 0.2) is 12.2 Å². The molecule has 0 heterocycles. The zero-order chi connectivity index (χ0) is 73.7. The molecule has 0 aromatic rings. The van der Waals surface area contributed by atoms with Crippen molar-refractivity contribution in [3.8, 4) is 0 Å². The highest BCUT2D eigenvalue weighted by molar-refractivity contribution is 7.47. The number of carbonyl (C=O) groups is 4. The second kappa shape index (κ2) is 71.3. The van der Waals surface area contributed by atoms with Crippen LogP contribution in [0, 0.1) is 17.8 Å². The predicted octanol–water partition coefficient (Wildman–Crippen LogP) is 24.1. The van der Waals surface area contributed by atoms with Gasteiger partial charge in [-0.1, -0.05) is 370 Å². The van der Waals surface area contributed by atoms with Gasteiger partial charge in [0.25, 0.3) is 0 Å². The first kappa shape index (κ1) is 98.1. The predicted molar refractivity (Wildman–Crippen MR) is 409 cm³/mol.